The largest absolute Gasteiger partial charge is 0.441 e. The SMILES string of the molecule is O=S(=O)=C1CNc2ccccc2O1. The van der Waals surface area contributed by atoms with E-state index in [1.54, 1.807) is 12.1 Å². The number of ether oxygens (including phenoxy) is 1. The molecule has 0 spiro atoms. The molecule has 1 aromatic rings. The molecule has 1 heterocycles. The van der Waals surface area contributed by atoms with Crippen LogP contribution in [0.3, 0.4) is 0 Å². The first-order valence-corrected chi connectivity index (χ1v) is 4.81. The summed E-state index contributed by atoms with van der Waals surface area (Å²) in [4.78, 5) is 0. The van der Waals surface area contributed by atoms with Crippen molar-refractivity contribution in [2.75, 3.05) is 11.9 Å². The van der Waals surface area contributed by atoms with Crippen LogP contribution in [-0.2, 0) is 10.3 Å². The molecule has 1 aromatic carbocycles. The van der Waals surface area contributed by atoms with E-state index < -0.39 is 10.3 Å². The molecule has 0 unspecified atom stereocenters. The van der Waals surface area contributed by atoms with E-state index in [0.29, 0.717) is 5.75 Å². The molecule has 0 bridgehead atoms. The number of fused-ring (bicyclic) bond motifs is 1. The molecule has 0 saturated carbocycles. The Morgan fingerprint density at radius 3 is 2.85 bits per heavy atom. The normalized spacial score (nSPS) is 14.0. The Hall–Kier alpha value is -1.49. The second kappa shape index (κ2) is 3.10. The van der Waals surface area contributed by atoms with E-state index in [9.17, 15) is 8.42 Å². The maximum atomic E-state index is 10.6. The van der Waals surface area contributed by atoms with Crippen molar-refractivity contribution in [1.29, 1.82) is 0 Å². The van der Waals surface area contributed by atoms with Crippen molar-refractivity contribution < 1.29 is 13.2 Å². The third-order valence-electron chi connectivity index (χ3n) is 1.72. The lowest BCUT2D eigenvalue weighted by Gasteiger charge is -2.17. The fraction of sp³-hybridized carbons (Fsp3) is 0.125. The first-order valence-electron chi connectivity index (χ1n) is 3.73. The van der Waals surface area contributed by atoms with E-state index in [2.05, 4.69) is 5.32 Å². The summed E-state index contributed by atoms with van der Waals surface area (Å²) in [6.07, 6.45) is 0. The van der Waals surface area contributed by atoms with Gasteiger partial charge in [-0.15, -0.1) is 0 Å². The van der Waals surface area contributed by atoms with Gasteiger partial charge in [0.15, 0.2) is 5.75 Å². The lowest BCUT2D eigenvalue weighted by atomic mass is 10.2. The zero-order chi connectivity index (χ0) is 9.26. The van der Waals surface area contributed by atoms with Crippen molar-refractivity contribution in [3.63, 3.8) is 0 Å². The van der Waals surface area contributed by atoms with Gasteiger partial charge >= 0.3 is 0 Å². The first kappa shape index (κ1) is 8.12. The number of hydrogen-bond acceptors (Lipinski definition) is 4. The Kier molecular flexibility index (Phi) is 1.94. The Balaban J connectivity index is 2.46. The predicted molar refractivity (Wildman–Crippen MR) is 49.5 cm³/mol. The van der Waals surface area contributed by atoms with Crippen LogP contribution in [0.25, 0.3) is 0 Å². The third kappa shape index (κ3) is 1.50. The molecule has 0 radical (unpaired) electrons. The molecule has 13 heavy (non-hydrogen) atoms. The van der Waals surface area contributed by atoms with Gasteiger partial charge in [0.05, 0.1) is 12.2 Å². The monoisotopic (exact) mass is 197 g/mol. The van der Waals surface area contributed by atoms with E-state index in [1.807, 2.05) is 12.1 Å². The number of anilines is 1. The van der Waals surface area contributed by atoms with Crippen molar-refractivity contribution in [2.24, 2.45) is 0 Å². The van der Waals surface area contributed by atoms with E-state index in [4.69, 9.17) is 4.74 Å². The zero-order valence-electron chi connectivity index (χ0n) is 6.65. The lowest BCUT2D eigenvalue weighted by Crippen LogP contribution is -2.25. The summed E-state index contributed by atoms with van der Waals surface area (Å²) in [5.74, 6) is 0.549. The summed E-state index contributed by atoms with van der Waals surface area (Å²) >= 11 is 0. The molecule has 0 aliphatic carbocycles. The highest BCUT2D eigenvalue weighted by Gasteiger charge is 2.14. The Labute approximate surface area is 76.7 Å². The van der Waals surface area contributed by atoms with E-state index in [-0.39, 0.29) is 11.6 Å². The van der Waals surface area contributed by atoms with Gasteiger partial charge in [0.25, 0.3) is 10.3 Å². The summed E-state index contributed by atoms with van der Waals surface area (Å²) in [6.45, 7) is 0.215. The lowest BCUT2D eigenvalue weighted by molar-refractivity contribution is 0.542. The molecule has 1 N–H and O–H groups in total. The van der Waals surface area contributed by atoms with Crippen molar-refractivity contribution >= 4 is 21.0 Å². The number of nitrogens with one attached hydrogen (secondary N) is 1. The molecule has 0 atom stereocenters. The van der Waals surface area contributed by atoms with Crippen molar-refractivity contribution in [2.45, 2.75) is 0 Å². The van der Waals surface area contributed by atoms with Crippen LogP contribution in [0, 0.1) is 0 Å². The van der Waals surface area contributed by atoms with E-state index >= 15 is 0 Å². The minimum Gasteiger partial charge on any atom is -0.441 e. The molecule has 2 rings (SSSR count). The molecule has 0 aromatic heterocycles. The molecule has 5 heteroatoms. The van der Waals surface area contributed by atoms with Crippen LogP contribution in [0.4, 0.5) is 5.69 Å². The van der Waals surface area contributed by atoms with Gasteiger partial charge in [-0.1, -0.05) is 12.1 Å². The molecule has 1 aliphatic heterocycles. The average molecular weight is 197 g/mol. The van der Waals surface area contributed by atoms with E-state index in [1.165, 1.54) is 0 Å². The number of benzene rings is 1. The summed E-state index contributed by atoms with van der Waals surface area (Å²) < 4.78 is 26.3. The third-order valence-corrected chi connectivity index (χ3v) is 2.32. The van der Waals surface area contributed by atoms with Gasteiger partial charge in [-0.05, 0) is 12.1 Å². The molecule has 0 saturated heterocycles. The van der Waals surface area contributed by atoms with Crippen LogP contribution in [0.15, 0.2) is 24.3 Å². The number of hydrogen-bond donors (Lipinski definition) is 1. The fourth-order valence-corrected chi connectivity index (χ4v) is 1.47. The van der Waals surface area contributed by atoms with Crippen LogP contribution < -0.4 is 10.1 Å². The quantitative estimate of drug-likeness (QED) is 0.615. The van der Waals surface area contributed by atoms with Crippen molar-refractivity contribution in [1.82, 2.24) is 0 Å². The minimum absolute atomic E-state index is 0.0266. The molecular weight excluding hydrogens is 190 g/mol. The molecule has 1 aliphatic rings. The highest BCUT2D eigenvalue weighted by Crippen LogP contribution is 2.26. The van der Waals surface area contributed by atoms with Crippen LogP contribution in [0.2, 0.25) is 0 Å². The Morgan fingerprint density at radius 1 is 1.31 bits per heavy atom. The van der Waals surface area contributed by atoms with Crippen LogP contribution >= 0.6 is 0 Å². The number of para-hydroxylation sites is 2. The molecule has 0 amide bonds. The molecule has 4 nitrogen and oxygen atoms in total. The van der Waals surface area contributed by atoms with Crippen LogP contribution in [-0.4, -0.2) is 20.0 Å². The molecule has 0 fully saturated rings. The molecule has 68 valence electrons. The summed E-state index contributed by atoms with van der Waals surface area (Å²) in [7, 11) is -2.28. The summed E-state index contributed by atoms with van der Waals surface area (Å²) in [5.41, 5.74) is 0.816. The smallest absolute Gasteiger partial charge is 0.255 e. The topological polar surface area (TPSA) is 55.4 Å². The van der Waals surface area contributed by atoms with Crippen molar-refractivity contribution in [3.8, 4) is 5.75 Å². The summed E-state index contributed by atoms with van der Waals surface area (Å²) in [6, 6.07) is 7.19. The van der Waals surface area contributed by atoms with Gasteiger partial charge in [0.1, 0.15) is 0 Å². The maximum Gasteiger partial charge on any atom is 0.255 e. The Bertz CT molecular complexity index is 456. The fourth-order valence-electron chi connectivity index (χ4n) is 1.12. The second-order valence-electron chi connectivity index (χ2n) is 2.56. The van der Waals surface area contributed by atoms with Crippen LogP contribution in [0.5, 0.6) is 5.75 Å². The number of rotatable bonds is 0. The highest BCUT2D eigenvalue weighted by molar-refractivity contribution is 7.72. The average Bonchev–Trinajstić information content (AvgIpc) is 2.17. The highest BCUT2D eigenvalue weighted by atomic mass is 32.2. The van der Waals surface area contributed by atoms with Gasteiger partial charge < -0.3 is 10.1 Å². The standard InChI is InChI=1S/C8H7NO3S/c10-13(11)8-5-9-6-3-1-2-4-7(6)12-8/h1-4,9H,5H2. The minimum atomic E-state index is -2.28. The van der Waals surface area contributed by atoms with E-state index in [0.717, 1.165) is 5.69 Å². The van der Waals surface area contributed by atoms with Gasteiger partial charge in [-0.3, -0.25) is 0 Å². The van der Waals surface area contributed by atoms with Gasteiger partial charge in [0.2, 0.25) is 5.05 Å². The van der Waals surface area contributed by atoms with Gasteiger partial charge in [0, 0.05) is 0 Å². The predicted octanol–water partition coefficient (Wildman–Crippen LogP) is 0.500. The van der Waals surface area contributed by atoms with Crippen LogP contribution in [0.1, 0.15) is 0 Å². The van der Waals surface area contributed by atoms with Gasteiger partial charge in [-0.2, -0.15) is 8.42 Å². The van der Waals surface area contributed by atoms with Gasteiger partial charge in [-0.25, -0.2) is 0 Å². The molecular formula is C8H7NO3S. The second-order valence-corrected chi connectivity index (χ2v) is 3.48. The Morgan fingerprint density at radius 2 is 2.08 bits per heavy atom. The van der Waals surface area contributed by atoms with Crippen molar-refractivity contribution in [3.05, 3.63) is 24.3 Å². The zero-order valence-corrected chi connectivity index (χ0v) is 7.47. The summed E-state index contributed by atoms with van der Waals surface area (Å²) in [5, 5.41) is 2.97. The first-order chi connectivity index (χ1) is 6.27. The maximum absolute atomic E-state index is 10.6.